The fourth-order valence-corrected chi connectivity index (χ4v) is 0.897. The molecule has 0 fully saturated rings. The highest BCUT2D eigenvalue weighted by atomic mass is 16.3. The van der Waals surface area contributed by atoms with E-state index < -0.39 is 17.2 Å². The van der Waals surface area contributed by atoms with Crippen molar-refractivity contribution in [3.05, 3.63) is 6.07 Å². The Hall–Kier alpha value is -2.38. The average Bonchev–Trinajstić information content (AvgIpc) is 2.19. The Kier molecular flexibility index (Phi) is 2.47. The van der Waals surface area contributed by atoms with Gasteiger partial charge in [0.05, 0.1) is 0 Å². The summed E-state index contributed by atoms with van der Waals surface area (Å²) in [5, 5.41) is 27.3. The third-order valence-electron chi connectivity index (χ3n) is 1.56. The van der Waals surface area contributed by atoms with Crippen LogP contribution in [0.25, 0.3) is 0 Å². The predicted octanol–water partition coefficient (Wildman–Crippen LogP) is 3.09. The van der Waals surface area contributed by atoms with Gasteiger partial charge in [-0.25, -0.2) is 16.6 Å². The molecule has 72 valence electrons. The van der Waals surface area contributed by atoms with E-state index in [1.165, 1.54) is 0 Å². The lowest BCUT2D eigenvalue weighted by atomic mass is 10.2. The van der Waals surface area contributed by atoms with E-state index in [9.17, 15) is 10.2 Å². The van der Waals surface area contributed by atoms with Gasteiger partial charge in [0, 0.05) is 6.07 Å². The van der Waals surface area contributed by atoms with Crippen LogP contribution in [0.4, 0.5) is 17.1 Å². The monoisotopic (exact) mass is 194 g/mol. The normalized spacial score (nSPS) is 9.43. The third-order valence-corrected chi connectivity index (χ3v) is 1.56. The van der Waals surface area contributed by atoms with E-state index in [1.54, 1.807) is 0 Å². The van der Waals surface area contributed by atoms with Crippen molar-refractivity contribution in [1.29, 1.82) is 16.6 Å². The number of rotatable bonds is 3. The molecule has 5 N–H and O–H groups in total. The molecule has 0 aliphatic heterocycles. The SMILES string of the molecule is N=Nc1cc(N=N)c(O)c(N=N)c1O. The molecule has 8 heteroatoms. The molecule has 1 rings (SSSR count). The Balaban J connectivity index is 3.62. The van der Waals surface area contributed by atoms with E-state index in [2.05, 4.69) is 15.3 Å². The van der Waals surface area contributed by atoms with Crippen LogP contribution in [0.5, 0.6) is 11.5 Å². The lowest BCUT2D eigenvalue weighted by molar-refractivity contribution is 0.453. The lowest BCUT2D eigenvalue weighted by Crippen LogP contribution is -1.74. The number of phenolic OH excluding ortho intramolecular Hbond substituents is 2. The summed E-state index contributed by atoms with van der Waals surface area (Å²) in [7, 11) is 0. The molecule has 1 aromatic carbocycles. The van der Waals surface area contributed by atoms with Crippen LogP contribution >= 0.6 is 0 Å². The maximum atomic E-state index is 9.30. The van der Waals surface area contributed by atoms with Gasteiger partial charge in [-0.1, -0.05) is 0 Å². The van der Waals surface area contributed by atoms with Crippen LogP contribution in [0.2, 0.25) is 0 Å². The van der Waals surface area contributed by atoms with E-state index in [4.69, 9.17) is 16.6 Å². The maximum absolute atomic E-state index is 9.30. The van der Waals surface area contributed by atoms with Crippen LogP contribution in [-0.4, -0.2) is 10.2 Å². The van der Waals surface area contributed by atoms with Crippen LogP contribution in [0, 0.1) is 16.6 Å². The first kappa shape index (κ1) is 9.71. The van der Waals surface area contributed by atoms with Crippen molar-refractivity contribution in [3.8, 4) is 11.5 Å². The number of hydrogen-bond acceptors (Lipinski definition) is 8. The summed E-state index contributed by atoms with van der Waals surface area (Å²) in [5.41, 5.74) is 19.1. The van der Waals surface area contributed by atoms with Gasteiger partial charge in [0.15, 0.2) is 17.2 Å². The van der Waals surface area contributed by atoms with Gasteiger partial charge in [0.2, 0.25) is 0 Å². The van der Waals surface area contributed by atoms with Crippen molar-refractivity contribution >= 4 is 17.1 Å². The summed E-state index contributed by atoms with van der Waals surface area (Å²) in [5.74, 6) is -1.17. The van der Waals surface area contributed by atoms with Crippen molar-refractivity contribution in [1.82, 2.24) is 0 Å². The molecule has 0 unspecified atom stereocenters. The Bertz CT molecular complexity index is 383. The number of aromatic hydroxyl groups is 2. The number of hydrogen-bond donors (Lipinski definition) is 5. The van der Waals surface area contributed by atoms with Crippen molar-refractivity contribution in [2.45, 2.75) is 0 Å². The Morgan fingerprint density at radius 3 is 1.57 bits per heavy atom. The van der Waals surface area contributed by atoms with Gasteiger partial charge in [0.25, 0.3) is 0 Å². The minimum Gasteiger partial charge on any atom is -0.504 e. The molecular formula is C6H6N6O2. The van der Waals surface area contributed by atoms with E-state index in [-0.39, 0.29) is 11.4 Å². The van der Waals surface area contributed by atoms with Crippen LogP contribution in [0.1, 0.15) is 0 Å². The van der Waals surface area contributed by atoms with E-state index >= 15 is 0 Å². The quantitative estimate of drug-likeness (QED) is 0.470. The van der Waals surface area contributed by atoms with Crippen molar-refractivity contribution < 1.29 is 10.2 Å². The molecular weight excluding hydrogens is 188 g/mol. The van der Waals surface area contributed by atoms with Crippen LogP contribution in [-0.2, 0) is 0 Å². The highest BCUT2D eigenvalue weighted by molar-refractivity contribution is 5.79. The molecule has 0 spiro atoms. The Labute approximate surface area is 77.7 Å². The van der Waals surface area contributed by atoms with Crippen molar-refractivity contribution in [2.24, 2.45) is 15.3 Å². The zero-order chi connectivity index (χ0) is 10.7. The van der Waals surface area contributed by atoms with E-state index in [1.807, 2.05) is 0 Å². The minimum absolute atomic E-state index is 0.209. The maximum Gasteiger partial charge on any atom is 0.175 e. The number of nitrogens with zero attached hydrogens (tertiary/aromatic N) is 3. The molecule has 0 radical (unpaired) electrons. The zero-order valence-electron chi connectivity index (χ0n) is 6.81. The summed E-state index contributed by atoms with van der Waals surface area (Å²) in [4.78, 5) is 0. The Morgan fingerprint density at radius 1 is 0.857 bits per heavy atom. The molecule has 0 aromatic heterocycles. The predicted molar refractivity (Wildman–Crippen MR) is 44.2 cm³/mol. The molecule has 0 heterocycles. The standard InChI is InChI=1S/C6H6N6O2/c7-10-2-1-3(11-8)6(14)4(12-9)5(2)13/h1,7-9,13-14H. The Morgan fingerprint density at radius 2 is 1.29 bits per heavy atom. The molecule has 0 aliphatic rings. The third kappa shape index (κ3) is 1.28. The molecule has 14 heavy (non-hydrogen) atoms. The van der Waals surface area contributed by atoms with Gasteiger partial charge in [-0.3, -0.25) is 0 Å². The summed E-state index contributed by atoms with van der Waals surface area (Å²) in [6.45, 7) is 0. The highest BCUT2D eigenvalue weighted by Crippen LogP contribution is 2.48. The van der Waals surface area contributed by atoms with Crippen LogP contribution in [0.15, 0.2) is 21.4 Å². The van der Waals surface area contributed by atoms with Crippen LogP contribution < -0.4 is 0 Å². The molecule has 1 aromatic rings. The lowest BCUT2D eigenvalue weighted by Gasteiger charge is -2.04. The highest BCUT2D eigenvalue weighted by Gasteiger charge is 2.16. The average molecular weight is 194 g/mol. The summed E-state index contributed by atoms with van der Waals surface area (Å²) in [6, 6.07) is 1.04. The fraction of sp³-hybridized carbons (Fsp3) is 0. The number of benzene rings is 1. The molecule has 0 amide bonds. The fourth-order valence-electron chi connectivity index (χ4n) is 0.897. The van der Waals surface area contributed by atoms with Crippen molar-refractivity contribution in [3.63, 3.8) is 0 Å². The van der Waals surface area contributed by atoms with E-state index in [0.29, 0.717) is 0 Å². The first-order valence-corrected chi connectivity index (χ1v) is 3.37. The minimum atomic E-state index is -0.583. The summed E-state index contributed by atoms with van der Waals surface area (Å²) >= 11 is 0. The smallest absolute Gasteiger partial charge is 0.175 e. The van der Waals surface area contributed by atoms with Gasteiger partial charge in [-0.2, -0.15) is 15.3 Å². The second-order valence-corrected chi connectivity index (χ2v) is 2.30. The molecule has 0 saturated heterocycles. The number of nitrogens with one attached hydrogen (secondary N) is 3. The van der Waals surface area contributed by atoms with Gasteiger partial charge >= 0.3 is 0 Å². The molecule has 8 nitrogen and oxygen atoms in total. The first-order chi connectivity index (χ1) is 6.65. The molecule has 0 atom stereocenters. The summed E-state index contributed by atoms with van der Waals surface area (Å²) in [6.07, 6.45) is 0. The molecule has 0 saturated carbocycles. The first-order valence-electron chi connectivity index (χ1n) is 3.37. The topological polar surface area (TPSA) is 149 Å². The molecule has 0 bridgehead atoms. The van der Waals surface area contributed by atoms with Crippen LogP contribution in [0.3, 0.4) is 0 Å². The zero-order valence-corrected chi connectivity index (χ0v) is 6.81. The largest absolute Gasteiger partial charge is 0.504 e. The van der Waals surface area contributed by atoms with Gasteiger partial charge in [-0.15, -0.1) is 0 Å². The van der Waals surface area contributed by atoms with Crippen molar-refractivity contribution in [2.75, 3.05) is 0 Å². The second-order valence-electron chi connectivity index (χ2n) is 2.30. The van der Waals surface area contributed by atoms with E-state index in [0.717, 1.165) is 6.07 Å². The second kappa shape index (κ2) is 3.56. The van der Waals surface area contributed by atoms with Gasteiger partial charge in [0.1, 0.15) is 11.4 Å². The van der Waals surface area contributed by atoms with Gasteiger partial charge in [-0.05, 0) is 0 Å². The summed E-state index contributed by atoms with van der Waals surface area (Å²) < 4.78 is 0. The van der Waals surface area contributed by atoms with Gasteiger partial charge < -0.3 is 10.2 Å². The number of phenols is 2. The molecule has 0 aliphatic carbocycles.